The van der Waals surface area contributed by atoms with Gasteiger partial charge in [-0.3, -0.25) is 9.59 Å². The van der Waals surface area contributed by atoms with Crippen LogP contribution in [0, 0.1) is 34.0 Å². The van der Waals surface area contributed by atoms with E-state index in [4.69, 9.17) is 4.74 Å². The number of ketones is 2. The Morgan fingerprint density at radius 2 is 1.85 bits per heavy atom. The molecule has 3 N–H and O–H groups in total. The first-order valence-corrected chi connectivity index (χ1v) is 9.56. The minimum atomic E-state index is -2.19. The summed E-state index contributed by atoms with van der Waals surface area (Å²) in [6.45, 7) is 7.86. The van der Waals surface area contributed by atoms with Crippen LogP contribution in [-0.2, 0) is 14.3 Å². The number of ether oxygens (including phenoxy) is 1. The molecule has 0 aromatic carbocycles. The third-order valence-corrected chi connectivity index (χ3v) is 8.65. The first kappa shape index (κ1) is 17.0. The lowest BCUT2D eigenvalue weighted by Crippen LogP contribution is -2.85. The van der Waals surface area contributed by atoms with Gasteiger partial charge in [0.1, 0.15) is 17.3 Å². The Morgan fingerprint density at radius 3 is 2.54 bits per heavy atom. The van der Waals surface area contributed by atoms with E-state index >= 15 is 0 Å². The van der Waals surface area contributed by atoms with Crippen LogP contribution in [0.15, 0.2) is 12.2 Å². The van der Waals surface area contributed by atoms with Crippen LogP contribution in [0.25, 0.3) is 0 Å². The minimum Gasteiger partial charge on any atom is -0.391 e. The van der Waals surface area contributed by atoms with Gasteiger partial charge in [0.05, 0.1) is 18.1 Å². The van der Waals surface area contributed by atoms with Gasteiger partial charge in [-0.2, -0.15) is 0 Å². The molecule has 6 nitrogen and oxygen atoms in total. The molecule has 2 heterocycles. The van der Waals surface area contributed by atoms with Crippen molar-refractivity contribution in [2.75, 3.05) is 6.61 Å². The number of Topliss-reactive ketones (excluding diaryl/α,β-unsaturated/α-hetero) is 2. The highest BCUT2D eigenvalue weighted by Crippen LogP contribution is 2.75. The second-order valence-electron chi connectivity index (χ2n) is 9.76. The zero-order valence-electron chi connectivity index (χ0n) is 15.2. The van der Waals surface area contributed by atoms with Crippen LogP contribution in [-0.4, -0.2) is 51.5 Å². The Hall–Kier alpha value is -1.08. The fourth-order valence-electron chi connectivity index (χ4n) is 7.63. The maximum absolute atomic E-state index is 13.3. The predicted molar refractivity (Wildman–Crippen MR) is 89.7 cm³/mol. The zero-order chi connectivity index (χ0) is 18.9. The van der Waals surface area contributed by atoms with Crippen LogP contribution >= 0.6 is 0 Å². The van der Waals surface area contributed by atoms with Crippen LogP contribution in [0.5, 0.6) is 0 Å². The van der Waals surface area contributed by atoms with Gasteiger partial charge in [0.2, 0.25) is 5.79 Å². The van der Waals surface area contributed by atoms with E-state index in [9.17, 15) is 24.9 Å². The molecule has 4 aliphatic carbocycles. The average Bonchev–Trinajstić information content (AvgIpc) is 2.69. The summed E-state index contributed by atoms with van der Waals surface area (Å²) in [6.07, 6.45) is -0.502. The molecule has 26 heavy (non-hydrogen) atoms. The third-order valence-electron chi connectivity index (χ3n) is 8.65. The molecule has 6 rings (SSSR count). The van der Waals surface area contributed by atoms with Gasteiger partial charge in [-0.15, -0.1) is 0 Å². The molecule has 4 saturated carbocycles. The Bertz CT molecular complexity index is 757. The molecule has 4 bridgehead atoms. The zero-order valence-corrected chi connectivity index (χ0v) is 15.2. The van der Waals surface area contributed by atoms with Crippen molar-refractivity contribution in [2.24, 2.45) is 34.0 Å². The van der Waals surface area contributed by atoms with Crippen molar-refractivity contribution in [3.8, 4) is 0 Å². The molecule has 0 aromatic rings. The lowest BCUT2D eigenvalue weighted by atomic mass is 9.36. The largest absolute Gasteiger partial charge is 0.391 e. The Balaban J connectivity index is 1.83. The summed E-state index contributed by atoms with van der Waals surface area (Å²) in [7, 11) is 0. The predicted octanol–water partition coefficient (Wildman–Crippen LogP) is 0.584. The molecular formula is C20H26O6. The molecule has 0 amide bonds. The molecule has 0 aromatic heterocycles. The van der Waals surface area contributed by atoms with Gasteiger partial charge >= 0.3 is 0 Å². The van der Waals surface area contributed by atoms with Crippen molar-refractivity contribution in [3.05, 3.63) is 12.2 Å². The van der Waals surface area contributed by atoms with Crippen LogP contribution in [0.3, 0.4) is 0 Å². The summed E-state index contributed by atoms with van der Waals surface area (Å²) in [4.78, 5) is 26.6. The fourth-order valence-corrected chi connectivity index (χ4v) is 7.63. The second-order valence-corrected chi connectivity index (χ2v) is 9.76. The number of hydrogen-bond donors (Lipinski definition) is 3. The number of carbonyl (C=O) groups is 2. The van der Waals surface area contributed by atoms with E-state index in [1.54, 1.807) is 0 Å². The molecule has 8 atom stereocenters. The summed E-state index contributed by atoms with van der Waals surface area (Å²) in [5.41, 5.74) is -2.83. The van der Waals surface area contributed by atoms with Crippen LogP contribution < -0.4 is 0 Å². The van der Waals surface area contributed by atoms with Crippen molar-refractivity contribution >= 4 is 11.6 Å². The molecule has 0 radical (unpaired) electrons. The highest BCUT2D eigenvalue weighted by molar-refractivity contribution is 6.06. The molecule has 6 aliphatic rings. The summed E-state index contributed by atoms with van der Waals surface area (Å²) in [5, 5.41) is 33.9. The lowest BCUT2D eigenvalue weighted by Gasteiger charge is -2.72. The average molecular weight is 362 g/mol. The summed E-state index contributed by atoms with van der Waals surface area (Å²) < 4.78 is 5.74. The highest BCUT2D eigenvalue weighted by atomic mass is 16.6. The number of aliphatic hydroxyl groups is 3. The molecule has 142 valence electrons. The number of rotatable bonds is 0. The van der Waals surface area contributed by atoms with E-state index in [0.29, 0.717) is 25.7 Å². The molecule has 6 heteroatoms. The molecular weight excluding hydrogens is 336 g/mol. The van der Waals surface area contributed by atoms with Crippen molar-refractivity contribution in [3.63, 3.8) is 0 Å². The van der Waals surface area contributed by atoms with Crippen LogP contribution in [0.2, 0.25) is 0 Å². The lowest BCUT2D eigenvalue weighted by molar-refractivity contribution is -0.437. The third kappa shape index (κ3) is 1.36. The van der Waals surface area contributed by atoms with Crippen molar-refractivity contribution < 1.29 is 29.6 Å². The number of carbonyl (C=O) groups excluding carboxylic acids is 2. The van der Waals surface area contributed by atoms with Gasteiger partial charge in [0.25, 0.3) is 0 Å². The Morgan fingerprint density at radius 1 is 1.15 bits per heavy atom. The quantitative estimate of drug-likeness (QED) is 0.545. The van der Waals surface area contributed by atoms with Gasteiger partial charge in [0.15, 0.2) is 5.78 Å². The fraction of sp³-hybridized carbons (Fsp3) is 0.800. The van der Waals surface area contributed by atoms with Crippen molar-refractivity contribution in [1.82, 2.24) is 0 Å². The Kier molecular flexibility index (Phi) is 2.94. The van der Waals surface area contributed by atoms with E-state index in [-0.39, 0.29) is 23.4 Å². The number of hydrogen-bond acceptors (Lipinski definition) is 6. The van der Waals surface area contributed by atoms with E-state index < -0.39 is 52.4 Å². The summed E-state index contributed by atoms with van der Waals surface area (Å²) in [5.74, 6) is -4.12. The summed E-state index contributed by atoms with van der Waals surface area (Å²) >= 11 is 0. The monoisotopic (exact) mass is 362 g/mol. The molecule has 2 unspecified atom stereocenters. The van der Waals surface area contributed by atoms with Crippen LogP contribution in [0.1, 0.15) is 39.5 Å². The smallest absolute Gasteiger partial charge is 0.208 e. The van der Waals surface area contributed by atoms with Gasteiger partial charge < -0.3 is 20.1 Å². The maximum Gasteiger partial charge on any atom is 0.208 e. The van der Waals surface area contributed by atoms with Crippen molar-refractivity contribution in [1.29, 1.82) is 0 Å². The number of fused-ring (bicyclic) bond motifs is 2. The highest BCUT2D eigenvalue weighted by Gasteiger charge is 2.87. The normalized spacial score (nSPS) is 57.1. The first-order chi connectivity index (χ1) is 12.1. The van der Waals surface area contributed by atoms with Gasteiger partial charge in [-0.05, 0) is 36.2 Å². The molecule has 2 saturated heterocycles. The standard InChI is InChI=1S/C20H26O6/c1-9-10-4-5-11-18-8-26-20(25,19(11,14(9)22)15(10)23)16(24)13(18)17(2,3)7-6-12(18)21/h10-11,13,15-16,23-25H,1,4-8H2,2-3H3/t10-,11-,13+,15?,16-,18+,19?,20-/m0/s1. The van der Waals surface area contributed by atoms with E-state index in [2.05, 4.69) is 6.58 Å². The van der Waals surface area contributed by atoms with Crippen molar-refractivity contribution in [2.45, 2.75) is 57.5 Å². The van der Waals surface area contributed by atoms with E-state index in [1.807, 2.05) is 13.8 Å². The maximum atomic E-state index is 13.3. The number of aliphatic hydroxyl groups excluding tert-OH is 2. The topological polar surface area (TPSA) is 104 Å². The van der Waals surface area contributed by atoms with E-state index in [0.717, 1.165) is 0 Å². The summed E-state index contributed by atoms with van der Waals surface area (Å²) in [6, 6.07) is 0. The van der Waals surface area contributed by atoms with Gasteiger partial charge in [-0.1, -0.05) is 20.4 Å². The van der Waals surface area contributed by atoms with E-state index in [1.165, 1.54) is 0 Å². The van der Waals surface area contributed by atoms with Gasteiger partial charge in [0, 0.05) is 18.3 Å². The second kappa shape index (κ2) is 4.49. The van der Waals surface area contributed by atoms with Crippen LogP contribution in [0.4, 0.5) is 0 Å². The van der Waals surface area contributed by atoms with Gasteiger partial charge in [-0.25, -0.2) is 0 Å². The first-order valence-electron chi connectivity index (χ1n) is 9.56. The SMILES string of the molecule is C=C1C(=O)C23C(O)[C@H]1CC[C@H]2[C@@]12CO[C@@]3(O)[C@@H](O)[C@@H]1C(C)(C)CCC2=O. The molecule has 2 spiro atoms. The minimum absolute atomic E-state index is 0.00293. The Labute approximate surface area is 152 Å². The molecule has 2 aliphatic heterocycles. The molecule has 6 fully saturated rings.